The van der Waals surface area contributed by atoms with Gasteiger partial charge >= 0.3 is 0 Å². The fourth-order valence-electron chi connectivity index (χ4n) is 3.27. The first-order valence-corrected chi connectivity index (χ1v) is 9.83. The minimum atomic E-state index is -0.269. The largest absolute Gasteiger partial charge is 0.497 e. The number of carbonyl (C=O) groups is 1. The molecule has 1 amide bonds. The third-order valence-electron chi connectivity index (χ3n) is 4.66. The number of carbonyl (C=O) groups excluding carboxylic acids is 1. The van der Waals surface area contributed by atoms with Gasteiger partial charge in [0.15, 0.2) is 12.4 Å². The van der Waals surface area contributed by atoms with E-state index in [0.29, 0.717) is 21.8 Å². The second-order valence-corrected chi connectivity index (χ2v) is 7.46. The Bertz CT molecular complexity index is 915. The molecule has 0 aliphatic heterocycles. The summed E-state index contributed by atoms with van der Waals surface area (Å²) < 4.78 is 12.3. The summed E-state index contributed by atoms with van der Waals surface area (Å²) in [5.74, 6) is 2.37. The van der Waals surface area contributed by atoms with Crippen molar-refractivity contribution in [1.82, 2.24) is 19.8 Å². The zero-order valence-electron chi connectivity index (χ0n) is 15.1. The lowest BCUT2D eigenvalue weighted by Crippen LogP contribution is -2.20. The van der Waals surface area contributed by atoms with Crippen molar-refractivity contribution in [2.75, 3.05) is 19.0 Å². The molecule has 0 spiro atoms. The summed E-state index contributed by atoms with van der Waals surface area (Å²) in [5.41, 5.74) is 0. The molecular weight excluding hydrogens is 366 g/mol. The van der Waals surface area contributed by atoms with E-state index in [0.717, 1.165) is 24.4 Å². The van der Waals surface area contributed by atoms with E-state index in [1.165, 1.54) is 30.6 Å². The quantitative estimate of drug-likeness (QED) is 0.698. The average Bonchev–Trinajstić information content (AvgIpc) is 3.27. The van der Waals surface area contributed by atoms with Gasteiger partial charge in [-0.15, -0.1) is 15.3 Å². The molecule has 1 N–H and O–H groups in total. The lowest BCUT2D eigenvalue weighted by Gasteiger charge is -2.18. The number of hydrogen-bond acceptors (Lipinski definition) is 7. The van der Waals surface area contributed by atoms with Crippen LogP contribution < -0.4 is 14.8 Å². The fourth-order valence-corrected chi connectivity index (χ4v) is 4.04. The van der Waals surface area contributed by atoms with Crippen molar-refractivity contribution < 1.29 is 14.3 Å². The molecule has 0 saturated heterocycles. The van der Waals surface area contributed by atoms with Crippen molar-refractivity contribution in [3.63, 3.8) is 0 Å². The minimum absolute atomic E-state index is 0.0953. The summed E-state index contributed by atoms with van der Waals surface area (Å²) in [6.07, 6.45) is 5.96. The Morgan fingerprint density at radius 1 is 1.19 bits per heavy atom. The number of benzene rings is 1. The molecule has 142 valence electrons. The molecule has 1 aliphatic rings. The van der Waals surface area contributed by atoms with E-state index in [9.17, 15) is 4.79 Å². The van der Waals surface area contributed by atoms with Gasteiger partial charge in [0.25, 0.3) is 5.91 Å². The van der Waals surface area contributed by atoms with Gasteiger partial charge in [-0.3, -0.25) is 10.1 Å². The third kappa shape index (κ3) is 4.02. The van der Waals surface area contributed by atoms with E-state index in [2.05, 4.69) is 20.6 Å². The molecule has 0 unspecified atom stereocenters. The van der Waals surface area contributed by atoms with E-state index in [1.807, 2.05) is 0 Å². The maximum Gasteiger partial charge on any atom is 0.264 e. The van der Waals surface area contributed by atoms with Gasteiger partial charge in [-0.05, 0) is 37.1 Å². The highest BCUT2D eigenvalue weighted by atomic mass is 32.1. The summed E-state index contributed by atoms with van der Waals surface area (Å²) in [4.78, 5) is 12.9. The number of nitrogens with one attached hydrogen (secondary N) is 1. The maximum absolute atomic E-state index is 12.2. The van der Waals surface area contributed by atoms with Crippen molar-refractivity contribution >= 4 is 27.3 Å². The van der Waals surface area contributed by atoms with Crippen LogP contribution in [-0.2, 0) is 4.79 Å². The molecule has 2 aromatic heterocycles. The third-order valence-corrected chi connectivity index (χ3v) is 5.48. The van der Waals surface area contributed by atoms with Crippen LogP contribution in [0, 0.1) is 0 Å². The lowest BCUT2D eigenvalue weighted by atomic mass is 9.89. The Labute approximate surface area is 160 Å². The van der Waals surface area contributed by atoms with E-state index in [-0.39, 0.29) is 12.5 Å². The normalized spacial score (nSPS) is 15.0. The van der Waals surface area contributed by atoms with Crippen LogP contribution in [0.5, 0.6) is 11.5 Å². The molecule has 1 saturated carbocycles. The van der Waals surface area contributed by atoms with Crippen LogP contribution in [0.4, 0.5) is 5.13 Å². The van der Waals surface area contributed by atoms with Crippen LogP contribution in [-0.4, -0.2) is 39.4 Å². The van der Waals surface area contributed by atoms with E-state index < -0.39 is 0 Å². The predicted octanol–water partition coefficient (Wildman–Crippen LogP) is 3.26. The van der Waals surface area contributed by atoms with Gasteiger partial charge in [-0.2, -0.15) is 4.52 Å². The monoisotopic (exact) mass is 387 g/mol. The molecule has 8 nitrogen and oxygen atoms in total. The first-order valence-electron chi connectivity index (χ1n) is 9.02. The molecule has 0 radical (unpaired) electrons. The summed E-state index contributed by atoms with van der Waals surface area (Å²) in [6, 6.07) is 7.07. The van der Waals surface area contributed by atoms with Crippen LogP contribution in [0.1, 0.15) is 43.8 Å². The molecule has 9 heteroatoms. The van der Waals surface area contributed by atoms with E-state index in [1.54, 1.807) is 35.9 Å². The molecule has 0 bridgehead atoms. The van der Waals surface area contributed by atoms with Gasteiger partial charge in [0, 0.05) is 5.92 Å². The molecule has 27 heavy (non-hydrogen) atoms. The number of aromatic nitrogens is 4. The van der Waals surface area contributed by atoms with Gasteiger partial charge in [-0.1, -0.05) is 30.6 Å². The summed E-state index contributed by atoms with van der Waals surface area (Å²) in [7, 11) is 1.60. The van der Waals surface area contributed by atoms with Crippen LogP contribution in [0.3, 0.4) is 0 Å². The predicted molar refractivity (Wildman–Crippen MR) is 102 cm³/mol. The van der Waals surface area contributed by atoms with E-state index >= 15 is 0 Å². The van der Waals surface area contributed by atoms with Crippen molar-refractivity contribution in [2.45, 2.75) is 38.0 Å². The van der Waals surface area contributed by atoms with Gasteiger partial charge < -0.3 is 9.47 Å². The molecule has 1 aromatic carbocycles. The van der Waals surface area contributed by atoms with Crippen molar-refractivity contribution in [3.8, 4) is 11.5 Å². The highest BCUT2D eigenvalue weighted by Crippen LogP contribution is 2.32. The smallest absolute Gasteiger partial charge is 0.264 e. The molecule has 1 aliphatic carbocycles. The van der Waals surface area contributed by atoms with Crippen LogP contribution in [0.15, 0.2) is 24.3 Å². The van der Waals surface area contributed by atoms with Gasteiger partial charge in [0.1, 0.15) is 11.5 Å². The van der Waals surface area contributed by atoms with Gasteiger partial charge in [-0.25, -0.2) is 0 Å². The highest BCUT2D eigenvalue weighted by Gasteiger charge is 2.23. The molecule has 4 rings (SSSR count). The number of hydrogen-bond donors (Lipinski definition) is 1. The van der Waals surface area contributed by atoms with E-state index in [4.69, 9.17) is 9.47 Å². The average molecular weight is 387 g/mol. The first-order chi connectivity index (χ1) is 13.2. The summed E-state index contributed by atoms with van der Waals surface area (Å²) in [5, 5.41) is 16.3. The van der Waals surface area contributed by atoms with Crippen molar-refractivity contribution in [3.05, 3.63) is 30.1 Å². The van der Waals surface area contributed by atoms with Crippen LogP contribution in [0.2, 0.25) is 0 Å². The number of nitrogens with zero attached hydrogens (tertiary/aromatic N) is 4. The lowest BCUT2D eigenvalue weighted by molar-refractivity contribution is -0.118. The summed E-state index contributed by atoms with van der Waals surface area (Å²) in [6.45, 7) is -0.0953. The zero-order valence-corrected chi connectivity index (χ0v) is 15.9. The van der Waals surface area contributed by atoms with Crippen LogP contribution >= 0.6 is 11.3 Å². The number of anilines is 1. The maximum atomic E-state index is 12.2. The minimum Gasteiger partial charge on any atom is -0.497 e. The summed E-state index contributed by atoms with van der Waals surface area (Å²) >= 11 is 1.31. The Morgan fingerprint density at radius 2 is 1.93 bits per heavy atom. The second kappa shape index (κ2) is 7.91. The molecular formula is C18H21N5O3S. The number of rotatable bonds is 6. The number of amides is 1. The van der Waals surface area contributed by atoms with Gasteiger partial charge in [0.2, 0.25) is 10.1 Å². The molecule has 0 atom stereocenters. The SMILES string of the molecule is COc1ccc(OCC(=O)Nc2nn3c(C4CCCCC4)nnc3s2)cc1. The highest BCUT2D eigenvalue weighted by molar-refractivity contribution is 7.20. The topological polar surface area (TPSA) is 90.6 Å². The zero-order chi connectivity index (χ0) is 18.6. The standard InChI is InChI=1S/C18H21N5O3S/c1-25-13-7-9-14(10-8-13)26-11-15(24)19-17-22-23-16(20-21-18(23)27-17)12-5-3-2-4-6-12/h7-10,12H,2-6,11H2,1H3,(H,19,22,24). The molecule has 2 heterocycles. The second-order valence-electron chi connectivity index (χ2n) is 6.51. The fraction of sp³-hybridized carbons (Fsp3) is 0.444. The number of methoxy groups -OCH3 is 1. The van der Waals surface area contributed by atoms with Crippen LogP contribution in [0.25, 0.3) is 4.96 Å². The van der Waals surface area contributed by atoms with Crippen molar-refractivity contribution in [1.29, 1.82) is 0 Å². The Morgan fingerprint density at radius 3 is 2.67 bits per heavy atom. The first kappa shape index (κ1) is 17.7. The number of fused-ring (bicyclic) bond motifs is 1. The number of ether oxygens (including phenoxy) is 2. The van der Waals surface area contributed by atoms with Crippen molar-refractivity contribution in [2.24, 2.45) is 0 Å². The Kier molecular flexibility index (Phi) is 5.19. The molecule has 1 fully saturated rings. The molecule has 3 aromatic rings. The van der Waals surface area contributed by atoms with Gasteiger partial charge in [0.05, 0.1) is 7.11 Å². The Balaban J connectivity index is 1.37. The Hall–Kier alpha value is -2.68.